The smallest absolute Gasteiger partial charge is 0.398 e. The van der Waals surface area contributed by atoms with Crippen LogP contribution in [0.25, 0.3) is 10.8 Å². The van der Waals surface area contributed by atoms with E-state index in [-0.39, 0.29) is 5.88 Å². The molecular formula is C11H13N5O3S. The zero-order valence-electron chi connectivity index (χ0n) is 10.9. The van der Waals surface area contributed by atoms with Crippen molar-refractivity contribution in [2.75, 3.05) is 38.1 Å². The van der Waals surface area contributed by atoms with Gasteiger partial charge in [0.15, 0.2) is 10.8 Å². The monoisotopic (exact) mass is 295 g/mol. The molecule has 0 amide bonds. The van der Waals surface area contributed by atoms with Gasteiger partial charge in [0.05, 0.1) is 6.07 Å². The van der Waals surface area contributed by atoms with Crippen LogP contribution in [0, 0.1) is 10.1 Å². The van der Waals surface area contributed by atoms with Crippen molar-refractivity contribution in [3.63, 3.8) is 0 Å². The van der Waals surface area contributed by atoms with E-state index in [0.717, 1.165) is 31.3 Å². The Hall–Kier alpha value is -2.00. The summed E-state index contributed by atoms with van der Waals surface area (Å²) in [5.41, 5.74) is 0. The second-order valence-electron chi connectivity index (χ2n) is 4.58. The van der Waals surface area contributed by atoms with Gasteiger partial charge in [0.2, 0.25) is 5.13 Å². The first-order valence-corrected chi connectivity index (χ1v) is 6.97. The minimum absolute atomic E-state index is 0.281. The lowest BCUT2D eigenvalue weighted by molar-refractivity contribution is -0.401. The molecule has 0 aromatic carbocycles. The highest BCUT2D eigenvalue weighted by molar-refractivity contribution is 7.18. The lowest BCUT2D eigenvalue weighted by Gasteiger charge is -2.31. The predicted molar refractivity (Wildman–Crippen MR) is 74.0 cm³/mol. The van der Waals surface area contributed by atoms with E-state index in [4.69, 9.17) is 4.42 Å². The van der Waals surface area contributed by atoms with Gasteiger partial charge >= 0.3 is 5.88 Å². The number of piperazine rings is 1. The highest BCUT2D eigenvalue weighted by atomic mass is 32.1. The van der Waals surface area contributed by atoms with E-state index < -0.39 is 4.92 Å². The van der Waals surface area contributed by atoms with Crippen LogP contribution in [-0.2, 0) is 0 Å². The van der Waals surface area contributed by atoms with Crippen LogP contribution in [0.15, 0.2) is 16.5 Å². The molecule has 20 heavy (non-hydrogen) atoms. The second kappa shape index (κ2) is 5.17. The molecule has 0 N–H and O–H groups in total. The Balaban J connectivity index is 1.77. The van der Waals surface area contributed by atoms with E-state index in [9.17, 15) is 10.1 Å². The SMILES string of the molecule is CN1CCN(c2nnc(-c3ccc([N+](=O)[O-])o3)s2)CC1. The summed E-state index contributed by atoms with van der Waals surface area (Å²) in [6.07, 6.45) is 0. The number of hydrogen-bond acceptors (Lipinski definition) is 8. The maximum Gasteiger partial charge on any atom is 0.433 e. The molecule has 9 heteroatoms. The summed E-state index contributed by atoms with van der Waals surface area (Å²) in [5, 5.41) is 20.2. The molecule has 0 radical (unpaired) electrons. The van der Waals surface area contributed by atoms with Gasteiger partial charge in [0.1, 0.15) is 4.92 Å². The van der Waals surface area contributed by atoms with Crippen molar-refractivity contribution in [2.24, 2.45) is 0 Å². The molecule has 0 atom stereocenters. The van der Waals surface area contributed by atoms with E-state index >= 15 is 0 Å². The maximum absolute atomic E-state index is 10.6. The number of rotatable bonds is 3. The molecule has 2 aromatic rings. The van der Waals surface area contributed by atoms with E-state index in [1.54, 1.807) is 6.07 Å². The topological polar surface area (TPSA) is 88.5 Å². The van der Waals surface area contributed by atoms with Gasteiger partial charge in [-0.05, 0) is 13.1 Å². The molecular weight excluding hydrogens is 282 g/mol. The third-order valence-electron chi connectivity index (χ3n) is 3.17. The van der Waals surface area contributed by atoms with Gasteiger partial charge < -0.3 is 14.2 Å². The molecule has 0 saturated carbocycles. The van der Waals surface area contributed by atoms with Crippen molar-refractivity contribution >= 4 is 22.4 Å². The number of nitrogens with zero attached hydrogens (tertiary/aromatic N) is 5. The average molecular weight is 295 g/mol. The van der Waals surface area contributed by atoms with Crippen molar-refractivity contribution < 1.29 is 9.34 Å². The van der Waals surface area contributed by atoms with Crippen LogP contribution in [0.1, 0.15) is 0 Å². The summed E-state index contributed by atoms with van der Waals surface area (Å²) in [7, 11) is 2.09. The quantitative estimate of drug-likeness (QED) is 0.625. The Labute approximate surface area is 118 Å². The highest BCUT2D eigenvalue weighted by Gasteiger charge is 2.20. The molecule has 1 saturated heterocycles. The number of hydrogen-bond donors (Lipinski definition) is 0. The van der Waals surface area contributed by atoms with Gasteiger partial charge in [-0.3, -0.25) is 10.1 Å². The fraction of sp³-hybridized carbons (Fsp3) is 0.455. The Morgan fingerprint density at radius 1 is 1.30 bits per heavy atom. The number of furan rings is 1. The molecule has 2 aromatic heterocycles. The fourth-order valence-electron chi connectivity index (χ4n) is 1.98. The molecule has 3 rings (SSSR count). The molecule has 1 aliphatic heterocycles. The number of nitro groups is 1. The van der Waals surface area contributed by atoms with Crippen molar-refractivity contribution in [3.05, 3.63) is 22.2 Å². The van der Waals surface area contributed by atoms with Gasteiger partial charge in [-0.1, -0.05) is 11.3 Å². The minimum atomic E-state index is -0.564. The molecule has 0 unspecified atom stereocenters. The van der Waals surface area contributed by atoms with E-state index in [1.165, 1.54) is 17.4 Å². The van der Waals surface area contributed by atoms with Gasteiger partial charge in [-0.2, -0.15) is 0 Å². The van der Waals surface area contributed by atoms with Crippen LogP contribution in [0.5, 0.6) is 0 Å². The van der Waals surface area contributed by atoms with Crippen LogP contribution >= 0.6 is 11.3 Å². The Kier molecular flexibility index (Phi) is 3.36. The lowest BCUT2D eigenvalue weighted by atomic mass is 10.3. The van der Waals surface area contributed by atoms with E-state index in [1.807, 2.05) is 0 Å². The molecule has 0 aliphatic carbocycles. The summed E-state index contributed by atoms with van der Waals surface area (Å²) in [4.78, 5) is 14.5. The minimum Gasteiger partial charge on any atom is -0.398 e. The highest BCUT2D eigenvalue weighted by Crippen LogP contribution is 2.31. The van der Waals surface area contributed by atoms with Crippen LogP contribution in [0.2, 0.25) is 0 Å². The summed E-state index contributed by atoms with van der Waals surface area (Å²) in [5.74, 6) is 0.103. The third kappa shape index (κ3) is 2.49. The molecule has 0 bridgehead atoms. The zero-order chi connectivity index (χ0) is 14.1. The van der Waals surface area contributed by atoms with Crippen LogP contribution in [-0.4, -0.2) is 53.2 Å². The van der Waals surface area contributed by atoms with Crippen molar-refractivity contribution in [1.29, 1.82) is 0 Å². The largest absolute Gasteiger partial charge is 0.433 e. The molecule has 1 fully saturated rings. The standard InChI is InChI=1S/C11H13N5O3S/c1-14-4-6-15(7-5-14)11-13-12-10(20-11)8-2-3-9(19-8)16(17)18/h2-3H,4-7H2,1H3. The summed E-state index contributed by atoms with van der Waals surface area (Å²) < 4.78 is 5.13. The van der Waals surface area contributed by atoms with E-state index in [2.05, 4.69) is 27.0 Å². The lowest BCUT2D eigenvalue weighted by Crippen LogP contribution is -2.44. The number of aromatic nitrogens is 2. The normalized spacial score (nSPS) is 16.6. The van der Waals surface area contributed by atoms with Crippen molar-refractivity contribution in [1.82, 2.24) is 15.1 Å². The van der Waals surface area contributed by atoms with E-state index in [0.29, 0.717) is 10.8 Å². The van der Waals surface area contributed by atoms with Crippen molar-refractivity contribution in [3.8, 4) is 10.8 Å². The zero-order valence-corrected chi connectivity index (χ0v) is 11.7. The maximum atomic E-state index is 10.6. The Bertz CT molecular complexity index is 617. The van der Waals surface area contributed by atoms with Gasteiger partial charge in [0.25, 0.3) is 0 Å². The molecule has 0 spiro atoms. The average Bonchev–Trinajstić information content (AvgIpc) is 3.08. The molecule has 3 heterocycles. The third-order valence-corrected chi connectivity index (χ3v) is 4.17. The molecule has 1 aliphatic rings. The number of likely N-dealkylation sites (N-methyl/N-ethyl adjacent to an activating group) is 1. The van der Waals surface area contributed by atoms with Gasteiger partial charge in [0, 0.05) is 26.2 Å². The van der Waals surface area contributed by atoms with Gasteiger partial charge in [-0.25, -0.2) is 0 Å². The van der Waals surface area contributed by atoms with Crippen LogP contribution in [0.3, 0.4) is 0 Å². The summed E-state index contributed by atoms with van der Waals surface area (Å²) in [6, 6.07) is 2.87. The first-order chi connectivity index (χ1) is 9.63. The van der Waals surface area contributed by atoms with Crippen molar-refractivity contribution in [2.45, 2.75) is 0 Å². The van der Waals surface area contributed by atoms with Gasteiger partial charge in [-0.15, -0.1) is 10.2 Å². The summed E-state index contributed by atoms with van der Waals surface area (Å²) >= 11 is 1.39. The number of anilines is 1. The summed E-state index contributed by atoms with van der Waals surface area (Å²) in [6.45, 7) is 3.79. The Morgan fingerprint density at radius 3 is 2.70 bits per heavy atom. The molecule has 8 nitrogen and oxygen atoms in total. The van der Waals surface area contributed by atoms with Crippen LogP contribution in [0.4, 0.5) is 11.0 Å². The predicted octanol–water partition coefficient (Wildman–Crippen LogP) is 1.46. The first kappa shape index (κ1) is 13.0. The first-order valence-electron chi connectivity index (χ1n) is 6.15. The second-order valence-corrected chi connectivity index (χ2v) is 5.53. The molecule has 106 valence electrons. The Morgan fingerprint density at radius 2 is 2.05 bits per heavy atom. The fourth-order valence-corrected chi connectivity index (χ4v) is 2.84. The van der Waals surface area contributed by atoms with Crippen LogP contribution < -0.4 is 4.90 Å².